The van der Waals surface area contributed by atoms with Crippen molar-refractivity contribution in [3.8, 4) is 0 Å². The second-order valence-electron chi connectivity index (χ2n) is 5.20. The number of para-hydroxylation sites is 1. The molecule has 1 fully saturated rings. The highest BCUT2D eigenvalue weighted by molar-refractivity contribution is 9.10. The summed E-state index contributed by atoms with van der Waals surface area (Å²) in [4.78, 5) is 25.6. The maximum absolute atomic E-state index is 12.1. The number of carbonyl (C=O) groups is 2. The Balaban J connectivity index is 1.70. The molecule has 3 rings (SSSR count). The zero-order chi connectivity index (χ0) is 14.1. The summed E-state index contributed by atoms with van der Waals surface area (Å²) in [5, 5.41) is 0. The summed E-state index contributed by atoms with van der Waals surface area (Å²) in [6, 6.07) is 5.35. The van der Waals surface area contributed by atoms with Gasteiger partial charge in [-0.2, -0.15) is 0 Å². The van der Waals surface area contributed by atoms with Gasteiger partial charge in [0.15, 0.2) is 0 Å². The van der Waals surface area contributed by atoms with Crippen molar-refractivity contribution in [3.63, 3.8) is 0 Å². The van der Waals surface area contributed by atoms with Crippen LogP contribution in [0.25, 0.3) is 0 Å². The van der Waals surface area contributed by atoms with Gasteiger partial charge in [0, 0.05) is 17.6 Å². The van der Waals surface area contributed by atoms with Crippen LogP contribution >= 0.6 is 15.9 Å². The maximum atomic E-state index is 12.1. The van der Waals surface area contributed by atoms with Crippen molar-refractivity contribution < 1.29 is 14.3 Å². The lowest BCUT2D eigenvalue weighted by atomic mass is 10.1. The predicted molar refractivity (Wildman–Crippen MR) is 79.0 cm³/mol. The normalized spacial score (nSPS) is 21.6. The Kier molecular flexibility index (Phi) is 3.89. The molecular formula is C15H16BrNO3. The van der Waals surface area contributed by atoms with Crippen LogP contribution in [0.3, 0.4) is 0 Å². The quantitative estimate of drug-likeness (QED) is 0.793. The SMILES string of the molecule is O=C1C(=O)N(CCCC2CCCO2)c2c(Br)cccc21. The first-order valence-electron chi connectivity index (χ1n) is 6.95. The number of anilines is 1. The number of halogens is 1. The van der Waals surface area contributed by atoms with E-state index >= 15 is 0 Å². The van der Waals surface area contributed by atoms with Gasteiger partial charge in [-0.25, -0.2) is 0 Å². The molecule has 0 bridgehead atoms. The molecule has 0 radical (unpaired) electrons. The molecule has 106 valence electrons. The zero-order valence-corrected chi connectivity index (χ0v) is 12.7. The number of hydrogen-bond acceptors (Lipinski definition) is 3. The molecule has 20 heavy (non-hydrogen) atoms. The van der Waals surface area contributed by atoms with Crippen molar-refractivity contribution in [1.82, 2.24) is 0 Å². The number of ether oxygens (including phenoxy) is 1. The number of hydrogen-bond donors (Lipinski definition) is 0. The van der Waals surface area contributed by atoms with Crippen molar-refractivity contribution in [1.29, 1.82) is 0 Å². The lowest BCUT2D eigenvalue weighted by Crippen LogP contribution is -2.31. The number of amides is 1. The van der Waals surface area contributed by atoms with Crippen LogP contribution < -0.4 is 4.90 Å². The lowest BCUT2D eigenvalue weighted by molar-refractivity contribution is -0.114. The second-order valence-corrected chi connectivity index (χ2v) is 6.05. The molecule has 1 aromatic carbocycles. The molecule has 2 heterocycles. The number of ketones is 1. The Bertz CT molecular complexity index is 552. The van der Waals surface area contributed by atoms with Gasteiger partial charge in [-0.3, -0.25) is 9.59 Å². The fraction of sp³-hybridized carbons (Fsp3) is 0.467. The van der Waals surface area contributed by atoms with Crippen molar-refractivity contribution >= 4 is 33.3 Å². The number of carbonyl (C=O) groups excluding carboxylic acids is 2. The number of benzene rings is 1. The third-order valence-corrected chi connectivity index (χ3v) is 4.51. The minimum atomic E-state index is -0.417. The molecule has 1 unspecified atom stereocenters. The average Bonchev–Trinajstić information content (AvgIpc) is 3.03. The fourth-order valence-corrected chi connectivity index (χ4v) is 3.45. The fourth-order valence-electron chi connectivity index (χ4n) is 2.87. The van der Waals surface area contributed by atoms with E-state index in [1.165, 1.54) is 0 Å². The van der Waals surface area contributed by atoms with E-state index in [2.05, 4.69) is 15.9 Å². The van der Waals surface area contributed by atoms with Crippen LogP contribution in [-0.2, 0) is 9.53 Å². The predicted octanol–water partition coefficient (Wildman–Crippen LogP) is 2.94. The largest absolute Gasteiger partial charge is 0.378 e. The van der Waals surface area contributed by atoms with Gasteiger partial charge in [0.1, 0.15) is 0 Å². The van der Waals surface area contributed by atoms with Gasteiger partial charge < -0.3 is 9.64 Å². The van der Waals surface area contributed by atoms with E-state index in [0.29, 0.717) is 18.2 Å². The molecule has 0 saturated carbocycles. The smallest absolute Gasteiger partial charge is 0.299 e. The van der Waals surface area contributed by atoms with Crippen molar-refractivity contribution in [2.45, 2.75) is 31.8 Å². The van der Waals surface area contributed by atoms with Gasteiger partial charge in [0.25, 0.3) is 11.7 Å². The van der Waals surface area contributed by atoms with Crippen LogP contribution in [0.15, 0.2) is 22.7 Å². The molecule has 4 nitrogen and oxygen atoms in total. The molecule has 5 heteroatoms. The van der Waals surface area contributed by atoms with Crippen molar-refractivity contribution in [2.75, 3.05) is 18.1 Å². The molecule has 2 aliphatic rings. The molecule has 0 spiro atoms. The Labute approximate surface area is 126 Å². The summed E-state index contributed by atoms with van der Waals surface area (Å²) in [6.07, 6.45) is 4.34. The summed E-state index contributed by atoms with van der Waals surface area (Å²) >= 11 is 3.43. The molecule has 2 aliphatic heterocycles. The molecule has 0 aromatic heterocycles. The topological polar surface area (TPSA) is 46.6 Å². The van der Waals surface area contributed by atoms with Crippen LogP contribution in [0.5, 0.6) is 0 Å². The van der Waals surface area contributed by atoms with Gasteiger partial charge >= 0.3 is 0 Å². The molecule has 1 saturated heterocycles. The van der Waals surface area contributed by atoms with Crippen molar-refractivity contribution in [2.24, 2.45) is 0 Å². The van der Waals surface area contributed by atoms with Crippen LogP contribution in [0.4, 0.5) is 5.69 Å². The van der Waals surface area contributed by atoms with E-state index in [1.54, 1.807) is 17.0 Å². The summed E-state index contributed by atoms with van der Waals surface area (Å²) in [6.45, 7) is 1.42. The first kappa shape index (κ1) is 13.8. The minimum absolute atomic E-state index is 0.321. The first-order valence-corrected chi connectivity index (χ1v) is 7.74. The highest BCUT2D eigenvalue weighted by Crippen LogP contribution is 2.36. The zero-order valence-electron chi connectivity index (χ0n) is 11.1. The highest BCUT2D eigenvalue weighted by Gasteiger charge is 2.36. The Morgan fingerprint density at radius 1 is 1.35 bits per heavy atom. The van der Waals surface area contributed by atoms with Crippen molar-refractivity contribution in [3.05, 3.63) is 28.2 Å². The standard InChI is InChI=1S/C15H16BrNO3/c16-12-7-1-6-11-13(12)17(15(19)14(11)18)8-2-4-10-5-3-9-20-10/h1,6-7,10H,2-5,8-9H2. The number of fused-ring (bicyclic) bond motifs is 1. The van der Waals surface area contributed by atoms with E-state index in [4.69, 9.17) is 4.74 Å². The highest BCUT2D eigenvalue weighted by atomic mass is 79.9. The Morgan fingerprint density at radius 2 is 2.20 bits per heavy atom. The van der Waals surface area contributed by atoms with E-state index in [1.807, 2.05) is 6.07 Å². The van der Waals surface area contributed by atoms with Gasteiger partial charge in [-0.05, 0) is 53.7 Å². The van der Waals surface area contributed by atoms with Crippen LogP contribution in [0.2, 0.25) is 0 Å². The molecule has 0 N–H and O–H groups in total. The van der Waals surface area contributed by atoms with E-state index < -0.39 is 11.7 Å². The Morgan fingerprint density at radius 3 is 2.95 bits per heavy atom. The first-order chi connectivity index (χ1) is 9.68. The van der Waals surface area contributed by atoms with E-state index in [9.17, 15) is 9.59 Å². The average molecular weight is 338 g/mol. The molecule has 1 amide bonds. The van der Waals surface area contributed by atoms with Crippen LogP contribution in [-0.4, -0.2) is 30.9 Å². The summed E-state index contributed by atoms with van der Waals surface area (Å²) < 4.78 is 6.38. The van der Waals surface area contributed by atoms with E-state index in [0.717, 1.165) is 42.5 Å². The summed E-state index contributed by atoms with van der Waals surface area (Å²) in [5.41, 5.74) is 1.22. The second kappa shape index (κ2) is 5.66. The lowest BCUT2D eigenvalue weighted by Gasteiger charge is -2.18. The van der Waals surface area contributed by atoms with Gasteiger partial charge in [0.05, 0.1) is 17.4 Å². The third-order valence-electron chi connectivity index (χ3n) is 3.87. The van der Waals surface area contributed by atoms with Gasteiger partial charge in [-0.15, -0.1) is 0 Å². The number of Topliss-reactive ketones (excluding diaryl/α,β-unsaturated/α-hetero) is 1. The van der Waals surface area contributed by atoms with Gasteiger partial charge in [0.2, 0.25) is 0 Å². The van der Waals surface area contributed by atoms with Crippen LogP contribution in [0, 0.1) is 0 Å². The Hall–Kier alpha value is -1.20. The minimum Gasteiger partial charge on any atom is -0.378 e. The number of nitrogens with zero attached hydrogens (tertiary/aromatic N) is 1. The molecular weight excluding hydrogens is 322 g/mol. The maximum Gasteiger partial charge on any atom is 0.299 e. The molecule has 1 atom stereocenters. The van der Waals surface area contributed by atoms with Gasteiger partial charge in [-0.1, -0.05) is 6.07 Å². The number of rotatable bonds is 4. The summed E-state index contributed by atoms with van der Waals surface area (Å²) in [7, 11) is 0. The molecule has 1 aromatic rings. The van der Waals surface area contributed by atoms with Crippen LogP contribution in [0.1, 0.15) is 36.0 Å². The summed E-state index contributed by atoms with van der Waals surface area (Å²) in [5.74, 6) is -0.822. The monoisotopic (exact) mass is 337 g/mol. The van der Waals surface area contributed by atoms with E-state index in [-0.39, 0.29) is 0 Å². The third kappa shape index (κ3) is 2.40. The molecule has 0 aliphatic carbocycles.